The van der Waals surface area contributed by atoms with Crippen LogP contribution in [-0.4, -0.2) is 61.6 Å². The molecule has 1 aromatic carbocycles. The van der Waals surface area contributed by atoms with Gasteiger partial charge in [0.15, 0.2) is 5.65 Å². The van der Waals surface area contributed by atoms with Crippen LogP contribution in [0.4, 0.5) is 11.8 Å². The molecule has 3 aromatic heterocycles. The Morgan fingerprint density at radius 1 is 1.16 bits per heavy atom. The number of rotatable bonds is 4. The molecule has 1 N–H and O–H groups in total. The van der Waals surface area contributed by atoms with Gasteiger partial charge < -0.3 is 15.1 Å². The third kappa shape index (κ3) is 3.69. The summed E-state index contributed by atoms with van der Waals surface area (Å²) in [4.78, 5) is 29.4. The van der Waals surface area contributed by atoms with Crippen molar-refractivity contribution in [3.8, 4) is 0 Å². The number of hydrogen-bond acceptors (Lipinski definition) is 7. The molecule has 4 aromatic rings. The molecule has 9 nitrogen and oxygen atoms in total. The van der Waals surface area contributed by atoms with Gasteiger partial charge in [-0.25, -0.2) is 15.0 Å². The van der Waals surface area contributed by atoms with Crippen LogP contribution in [0.3, 0.4) is 0 Å². The lowest BCUT2D eigenvalue weighted by Crippen LogP contribution is -2.48. The summed E-state index contributed by atoms with van der Waals surface area (Å²) in [7, 11) is 0. The van der Waals surface area contributed by atoms with E-state index in [1.165, 1.54) is 6.33 Å². The van der Waals surface area contributed by atoms with E-state index >= 15 is 0 Å². The number of halogens is 1. The molecule has 1 aliphatic rings. The monoisotopic (exact) mass is 450 g/mol. The fourth-order valence-corrected chi connectivity index (χ4v) is 4.32. The maximum absolute atomic E-state index is 11.8. The van der Waals surface area contributed by atoms with Crippen molar-refractivity contribution in [2.45, 2.75) is 19.9 Å². The first-order valence-electron chi connectivity index (χ1n) is 10.5. The lowest BCUT2D eigenvalue weighted by Gasteiger charge is -2.36. The summed E-state index contributed by atoms with van der Waals surface area (Å²) in [6, 6.07) is 9.63. The van der Waals surface area contributed by atoms with Gasteiger partial charge in [-0.1, -0.05) is 23.7 Å². The van der Waals surface area contributed by atoms with Crippen LogP contribution in [0.5, 0.6) is 0 Å². The molecule has 5 rings (SSSR count). The van der Waals surface area contributed by atoms with E-state index in [2.05, 4.69) is 38.3 Å². The fourth-order valence-electron chi connectivity index (χ4n) is 4.10. The highest BCUT2D eigenvalue weighted by molar-refractivity contribution is 6.35. The Morgan fingerprint density at radius 2 is 1.97 bits per heavy atom. The second kappa shape index (κ2) is 8.23. The van der Waals surface area contributed by atoms with Gasteiger partial charge in [-0.2, -0.15) is 9.61 Å². The summed E-state index contributed by atoms with van der Waals surface area (Å²) in [6.07, 6.45) is 3.21. The first-order chi connectivity index (χ1) is 15.5. The number of nitrogens with one attached hydrogen (secondary N) is 1. The Bertz CT molecular complexity index is 1300. The van der Waals surface area contributed by atoms with Gasteiger partial charge in [0.1, 0.15) is 12.1 Å². The Kier molecular flexibility index (Phi) is 5.26. The molecule has 1 saturated heterocycles. The number of fused-ring (bicyclic) bond motifs is 2. The number of carbonyl (C=O) groups is 1. The largest absolute Gasteiger partial charge is 0.353 e. The van der Waals surface area contributed by atoms with Crippen molar-refractivity contribution in [3.63, 3.8) is 0 Å². The summed E-state index contributed by atoms with van der Waals surface area (Å²) >= 11 is 6.47. The third-order valence-corrected chi connectivity index (χ3v) is 6.14. The Morgan fingerprint density at radius 3 is 2.75 bits per heavy atom. The van der Waals surface area contributed by atoms with Crippen LogP contribution < -0.4 is 10.2 Å². The van der Waals surface area contributed by atoms with Crippen LogP contribution in [0.15, 0.2) is 42.9 Å². The molecule has 1 atom stereocenters. The summed E-state index contributed by atoms with van der Waals surface area (Å²) in [5.41, 5.74) is 2.51. The second-order valence-corrected chi connectivity index (χ2v) is 8.28. The van der Waals surface area contributed by atoms with Gasteiger partial charge in [-0.15, -0.1) is 0 Å². The van der Waals surface area contributed by atoms with Crippen molar-refractivity contribution < 1.29 is 4.79 Å². The molecule has 0 radical (unpaired) electrons. The minimum atomic E-state index is -0.117. The van der Waals surface area contributed by atoms with Crippen molar-refractivity contribution in [1.29, 1.82) is 0 Å². The van der Waals surface area contributed by atoms with Crippen molar-refractivity contribution in [3.05, 3.63) is 53.4 Å². The number of carbonyl (C=O) groups excluding carboxylic acids is 1. The number of hydrogen-bond donors (Lipinski definition) is 1. The number of pyridine rings is 1. The van der Waals surface area contributed by atoms with E-state index in [9.17, 15) is 4.79 Å². The summed E-state index contributed by atoms with van der Waals surface area (Å²) < 4.78 is 1.67. The zero-order chi connectivity index (χ0) is 22.2. The molecule has 10 heteroatoms. The Balaban J connectivity index is 1.54. The maximum atomic E-state index is 11.8. The van der Waals surface area contributed by atoms with Gasteiger partial charge in [-0.05, 0) is 19.1 Å². The van der Waals surface area contributed by atoms with Gasteiger partial charge in [-0.3, -0.25) is 4.79 Å². The molecule has 4 heterocycles. The Hall–Kier alpha value is -3.46. The van der Waals surface area contributed by atoms with Crippen LogP contribution >= 0.6 is 11.6 Å². The Labute approximate surface area is 190 Å². The number of piperazine rings is 1. The molecule has 0 aliphatic carbocycles. The number of anilines is 2. The van der Waals surface area contributed by atoms with Crippen LogP contribution in [0.2, 0.25) is 5.02 Å². The summed E-state index contributed by atoms with van der Waals surface area (Å²) in [5.74, 6) is 1.56. The van der Waals surface area contributed by atoms with E-state index in [4.69, 9.17) is 16.6 Å². The van der Waals surface area contributed by atoms with E-state index < -0.39 is 0 Å². The van der Waals surface area contributed by atoms with Crippen molar-refractivity contribution >= 4 is 45.8 Å². The predicted octanol–water partition coefficient (Wildman–Crippen LogP) is 3.17. The molecule has 1 amide bonds. The minimum Gasteiger partial charge on any atom is -0.353 e. The number of amides is 1. The summed E-state index contributed by atoms with van der Waals surface area (Å²) in [6.45, 7) is 6.43. The molecule has 1 aliphatic heterocycles. The lowest BCUT2D eigenvalue weighted by atomic mass is 10.0. The van der Waals surface area contributed by atoms with Gasteiger partial charge in [0, 0.05) is 50.1 Å². The van der Waals surface area contributed by atoms with E-state index in [1.807, 2.05) is 29.2 Å². The van der Waals surface area contributed by atoms with E-state index in [-0.39, 0.29) is 11.9 Å². The standard InChI is InChI=1S/C22H23ClN8O/c1-14(27-22-25-13-24-19-6-7-26-31(19)22)17-12-16-4-3-5-18(23)20(16)28-21(17)30-10-8-29(9-11-30)15(2)32/h3-7,12-14H,8-11H2,1-2H3,(H,24,25,27)/t14-/m0/s1. The number of aromatic nitrogens is 5. The van der Waals surface area contributed by atoms with Gasteiger partial charge >= 0.3 is 0 Å². The van der Waals surface area contributed by atoms with Gasteiger partial charge in [0.25, 0.3) is 0 Å². The fraction of sp³-hybridized carbons (Fsp3) is 0.318. The smallest absolute Gasteiger partial charge is 0.227 e. The molecule has 164 valence electrons. The van der Waals surface area contributed by atoms with Gasteiger partial charge in [0.2, 0.25) is 11.9 Å². The zero-order valence-electron chi connectivity index (χ0n) is 17.9. The highest BCUT2D eigenvalue weighted by atomic mass is 35.5. The molecule has 0 saturated carbocycles. The third-order valence-electron chi connectivity index (χ3n) is 5.83. The topological polar surface area (TPSA) is 91.5 Å². The van der Waals surface area contributed by atoms with Crippen LogP contribution in [0.1, 0.15) is 25.5 Å². The average molecular weight is 451 g/mol. The number of para-hydroxylation sites is 1. The predicted molar refractivity (Wildman–Crippen MR) is 124 cm³/mol. The number of nitrogens with zero attached hydrogens (tertiary/aromatic N) is 7. The van der Waals surface area contributed by atoms with E-state index in [0.717, 1.165) is 27.9 Å². The first-order valence-corrected chi connectivity index (χ1v) is 10.9. The van der Waals surface area contributed by atoms with Gasteiger partial charge in [0.05, 0.1) is 22.8 Å². The molecule has 0 unspecified atom stereocenters. The van der Waals surface area contributed by atoms with Crippen molar-refractivity contribution in [2.24, 2.45) is 0 Å². The lowest BCUT2D eigenvalue weighted by molar-refractivity contribution is -0.129. The van der Waals surface area contributed by atoms with Crippen LogP contribution in [-0.2, 0) is 4.79 Å². The second-order valence-electron chi connectivity index (χ2n) is 7.87. The normalized spacial score (nSPS) is 15.3. The number of benzene rings is 1. The molecule has 0 spiro atoms. The SMILES string of the molecule is CC(=O)N1CCN(c2nc3c(Cl)cccc3cc2[C@H](C)Nc2ncnc3ccnn23)CC1. The molecule has 32 heavy (non-hydrogen) atoms. The zero-order valence-corrected chi connectivity index (χ0v) is 18.6. The highest BCUT2D eigenvalue weighted by Gasteiger charge is 2.25. The van der Waals surface area contributed by atoms with E-state index in [1.54, 1.807) is 17.6 Å². The summed E-state index contributed by atoms with van der Waals surface area (Å²) in [5, 5.41) is 9.36. The van der Waals surface area contributed by atoms with Crippen LogP contribution in [0.25, 0.3) is 16.6 Å². The molecular formula is C22H23ClN8O. The molecule has 0 bridgehead atoms. The minimum absolute atomic E-state index is 0.0985. The average Bonchev–Trinajstić information content (AvgIpc) is 3.29. The highest BCUT2D eigenvalue weighted by Crippen LogP contribution is 2.33. The first kappa shape index (κ1) is 20.4. The quantitative estimate of drug-likeness (QED) is 0.510. The van der Waals surface area contributed by atoms with E-state index in [0.29, 0.717) is 37.1 Å². The maximum Gasteiger partial charge on any atom is 0.227 e. The molecule has 1 fully saturated rings. The van der Waals surface area contributed by atoms with Crippen molar-refractivity contribution in [1.82, 2.24) is 29.5 Å². The van der Waals surface area contributed by atoms with Crippen molar-refractivity contribution in [2.75, 3.05) is 36.4 Å². The molecular weight excluding hydrogens is 428 g/mol. The van der Waals surface area contributed by atoms with Crippen LogP contribution in [0, 0.1) is 0 Å².